The van der Waals surface area contributed by atoms with Crippen molar-refractivity contribution in [1.29, 1.82) is 5.26 Å². The minimum atomic E-state index is -0.475. The minimum absolute atomic E-state index is 0.136. The standard InChI is InChI=1S/C16H14FN3OS/c17-13-6-1-2-7-14(13)20(11-5-9-18)16(21)12-22-15-8-3-4-10-19-15/h1-4,6-8,10H,5,11-12H2. The van der Waals surface area contributed by atoms with Crippen molar-refractivity contribution >= 4 is 23.4 Å². The number of hydrogen-bond acceptors (Lipinski definition) is 4. The zero-order valence-electron chi connectivity index (χ0n) is 11.8. The average molecular weight is 315 g/mol. The molecule has 6 heteroatoms. The van der Waals surface area contributed by atoms with E-state index in [0.717, 1.165) is 5.03 Å². The van der Waals surface area contributed by atoms with Crippen molar-refractivity contribution in [2.45, 2.75) is 11.4 Å². The maximum absolute atomic E-state index is 13.9. The van der Waals surface area contributed by atoms with Crippen LogP contribution < -0.4 is 4.90 Å². The number of amides is 1. The summed E-state index contributed by atoms with van der Waals surface area (Å²) in [6.07, 6.45) is 1.80. The van der Waals surface area contributed by atoms with Crippen LogP contribution in [0.5, 0.6) is 0 Å². The Morgan fingerprint density at radius 1 is 1.27 bits per heavy atom. The van der Waals surface area contributed by atoms with Gasteiger partial charge in [-0.05, 0) is 24.3 Å². The van der Waals surface area contributed by atoms with Crippen LogP contribution in [-0.2, 0) is 4.79 Å². The van der Waals surface area contributed by atoms with Gasteiger partial charge in [0.2, 0.25) is 5.91 Å². The topological polar surface area (TPSA) is 57.0 Å². The third kappa shape index (κ3) is 4.30. The molecular formula is C16H14FN3OS. The zero-order valence-corrected chi connectivity index (χ0v) is 12.6. The Kier molecular flexibility index (Phi) is 5.92. The lowest BCUT2D eigenvalue weighted by atomic mass is 10.2. The van der Waals surface area contributed by atoms with Crippen molar-refractivity contribution in [2.75, 3.05) is 17.2 Å². The molecule has 0 saturated heterocycles. The maximum atomic E-state index is 13.9. The third-order valence-corrected chi connectivity index (χ3v) is 3.80. The van der Waals surface area contributed by atoms with E-state index in [1.807, 2.05) is 12.1 Å². The Bertz CT molecular complexity index is 673. The fourth-order valence-corrected chi connectivity index (χ4v) is 2.60. The Morgan fingerprint density at radius 2 is 2.05 bits per heavy atom. The highest BCUT2D eigenvalue weighted by Crippen LogP contribution is 2.22. The summed E-state index contributed by atoms with van der Waals surface area (Å²) in [4.78, 5) is 17.8. The second-order valence-electron chi connectivity index (χ2n) is 4.36. The predicted octanol–water partition coefficient (Wildman–Crippen LogP) is 3.26. The fourth-order valence-electron chi connectivity index (χ4n) is 1.86. The number of pyridine rings is 1. The molecule has 0 aliphatic carbocycles. The van der Waals surface area contributed by atoms with Crippen LogP contribution in [-0.4, -0.2) is 23.2 Å². The van der Waals surface area contributed by atoms with E-state index in [1.165, 1.54) is 28.8 Å². The molecule has 22 heavy (non-hydrogen) atoms. The SMILES string of the molecule is N#CCCN(C(=O)CSc1ccccn1)c1ccccc1F. The van der Waals surface area contributed by atoms with Crippen LogP contribution in [0.2, 0.25) is 0 Å². The largest absolute Gasteiger partial charge is 0.308 e. The molecule has 0 spiro atoms. The van der Waals surface area contributed by atoms with Crippen molar-refractivity contribution in [1.82, 2.24) is 4.98 Å². The van der Waals surface area contributed by atoms with Crippen molar-refractivity contribution in [3.05, 3.63) is 54.5 Å². The summed E-state index contributed by atoms with van der Waals surface area (Å²) in [5.41, 5.74) is 0.198. The van der Waals surface area contributed by atoms with Crippen molar-refractivity contribution in [2.24, 2.45) is 0 Å². The second kappa shape index (κ2) is 8.15. The molecule has 0 aliphatic heterocycles. The quantitative estimate of drug-likeness (QED) is 0.768. The van der Waals surface area contributed by atoms with E-state index in [0.29, 0.717) is 0 Å². The molecule has 0 unspecified atom stereocenters. The van der Waals surface area contributed by atoms with Crippen LogP contribution in [0.25, 0.3) is 0 Å². The van der Waals surface area contributed by atoms with E-state index < -0.39 is 5.82 Å². The van der Waals surface area contributed by atoms with Crippen LogP contribution in [0.15, 0.2) is 53.7 Å². The van der Waals surface area contributed by atoms with Crippen LogP contribution in [0.3, 0.4) is 0 Å². The van der Waals surface area contributed by atoms with Gasteiger partial charge in [0, 0.05) is 12.7 Å². The van der Waals surface area contributed by atoms with Gasteiger partial charge >= 0.3 is 0 Å². The first kappa shape index (κ1) is 16.0. The summed E-state index contributed by atoms with van der Waals surface area (Å²) in [5, 5.41) is 9.45. The van der Waals surface area contributed by atoms with Crippen LogP contribution >= 0.6 is 11.8 Å². The number of hydrogen-bond donors (Lipinski definition) is 0. The number of nitriles is 1. The molecule has 0 aliphatic rings. The number of anilines is 1. The van der Waals surface area contributed by atoms with Gasteiger partial charge in [0.15, 0.2) is 0 Å². The number of carbonyl (C=O) groups is 1. The minimum Gasteiger partial charge on any atom is -0.308 e. The summed E-state index contributed by atoms with van der Waals surface area (Å²) in [5.74, 6) is -0.593. The number of aromatic nitrogens is 1. The molecule has 1 heterocycles. The summed E-state index contributed by atoms with van der Waals surface area (Å²) in [6.45, 7) is 0.166. The lowest BCUT2D eigenvalue weighted by Crippen LogP contribution is -2.34. The number of halogens is 1. The second-order valence-corrected chi connectivity index (χ2v) is 5.36. The maximum Gasteiger partial charge on any atom is 0.237 e. The Balaban J connectivity index is 2.10. The van der Waals surface area contributed by atoms with Gasteiger partial charge in [-0.3, -0.25) is 4.79 Å². The van der Waals surface area contributed by atoms with Gasteiger partial charge in [0.25, 0.3) is 0 Å². The average Bonchev–Trinajstić information content (AvgIpc) is 2.55. The Morgan fingerprint density at radius 3 is 2.73 bits per heavy atom. The third-order valence-electron chi connectivity index (χ3n) is 2.87. The van der Waals surface area contributed by atoms with E-state index in [4.69, 9.17) is 5.26 Å². The van der Waals surface area contributed by atoms with Gasteiger partial charge in [-0.1, -0.05) is 30.0 Å². The first-order valence-electron chi connectivity index (χ1n) is 6.68. The molecule has 0 bridgehead atoms. The molecule has 4 nitrogen and oxygen atoms in total. The van der Waals surface area contributed by atoms with Gasteiger partial charge in [-0.15, -0.1) is 0 Å². The van der Waals surface area contributed by atoms with E-state index in [9.17, 15) is 9.18 Å². The highest BCUT2D eigenvalue weighted by atomic mass is 32.2. The monoisotopic (exact) mass is 315 g/mol. The zero-order chi connectivity index (χ0) is 15.8. The molecule has 0 fully saturated rings. The van der Waals surface area contributed by atoms with Gasteiger partial charge in [0.05, 0.1) is 29.0 Å². The number of para-hydroxylation sites is 1. The van der Waals surface area contributed by atoms with Crippen LogP contribution in [0.4, 0.5) is 10.1 Å². The predicted molar refractivity (Wildman–Crippen MR) is 83.9 cm³/mol. The number of benzene rings is 1. The molecular weight excluding hydrogens is 301 g/mol. The number of rotatable bonds is 6. The van der Waals surface area contributed by atoms with Gasteiger partial charge < -0.3 is 4.90 Å². The molecule has 0 saturated carbocycles. The smallest absolute Gasteiger partial charge is 0.237 e. The molecule has 1 aromatic carbocycles. The summed E-state index contributed by atoms with van der Waals surface area (Å²) >= 11 is 1.28. The van der Waals surface area contributed by atoms with E-state index in [-0.39, 0.29) is 30.3 Å². The summed E-state index contributed by atoms with van der Waals surface area (Å²) in [6, 6.07) is 13.5. The number of carbonyl (C=O) groups excluding carboxylic acids is 1. The van der Waals surface area contributed by atoms with Crippen LogP contribution in [0.1, 0.15) is 6.42 Å². The first-order valence-corrected chi connectivity index (χ1v) is 7.66. The fraction of sp³-hybridized carbons (Fsp3) is 0.188. The van der Waals surface area contributed by atoms with E-state index >= 15 is 0 Å². The molecule has 112 valence electrons. The number of nitrogens with zero attached hydrogens (tertiary/aromatic N) is 3. The van der Waals surface area contributed by atoms with E-state index in [1.54, 1.807) is 30.5 Å². The highest BCUT2D eigenvalue weighted by Gasteiger charge is 2.18. The molecule has 1 amide bonds. The van der Waals surface area contributed by atoms with Crippen LogP contribution in [0, 0.1) is 17.1 Å². The van der Waals surface area contributed by atoms with Crippen molar-refractivity contribution < 1.29 is 9.18 Å². The Hall–Kier alpha value is -2.39. The van der Waals surface area contributed by atoms with Crippen molar-refractivity contribution in [3.8, 4) is 6.07 Å². The molecule has 2 aromatic rings. The van der Waals surface area contributed by atoms with E-state index in [2.05, 4.69) is 4.98 Å². The summed E-state index contributed by atoms with van der Waals surface area (Å²) in [7, 11) is 0. The van der Waals surface area contributed by atoms with Crippen molar-refractivity contribution in [3.63, 3.8) is 0 Å². The van der Waals surface area contributed by atoms with Gasteiger partial charge in [-0.25, -0.2) is 9.37 Å². The molecule has 0 N–H and O–H groups in total. The lowest BCUT2D eigenvalue weighted by molar-refractivity contribution is -0.116. The molecule has 1 aromatic heterocycles. The lowest BCUT2D eigenvalue weighted by Gasteiger charge is -2.22. The molecule has 0 radical (unpaired) electrons. The molecule has 0 atom stereocenters. The highest BCUT2D eigenvalue weighted by molar-refractivity contribution is 7.99. The molecule has 2 rings (SSSR count). The Labute approximate surface area is 132 Å². The van der Waals surface area contributed by atoms with Gasteiger partial charge in [-0.2, -0.15) is 5.26 Å². The summed E-state index contributed by atoms with van der Waals surface area (Å²) < 4.78 is 13.9. The first-order chi connectivity index (χ1) is 10.7. The normalized spacial score (nSPS) is 10.0. The van der Waals surface area contributed by atoms with Gasteiger partial charge in [0.1, 0.15) is 5.82 Å². The number of thioether (sulfide) groups is 1.